The highest BCUT2D eigenvalue weighted by atomic mass is 16.5. The molecular weight excluding hydrogens is 312 g/mol. The minimum absolute atomic E-state index is 0.210. The first-order valence-electron chi connectivity index (χ1n) is 9.43. The molecule has 25 heavy (non-hydrogen) atoms. The highest BCUT2D eigenvalue weighted by Crippen LogP contribution is 2.40. The van der Waals surface area contributed by atoms with Gasteiger partial charge in [-0.2, -0.15) is 0 Å². The third-order valence-electron chi connectivity index (χ3n) is 5.66. The van der Waals surface area contributed by atoms with Gasteiger partial charge in [-0.1, -0.05) is 39.0 Å². The average Bonchev–Trinajstić information content (AvgIpc) is 2.70. The Morgan fingerprint density at radius 1 is 1.20 bits per heavy atom. The molecule has 1 spiro atoms. The molecule has 1 heterocycles. The predicted octanol–water partition coefficient (Wildman–Crippen LogP) is 3.70. The van der Waals surface area contributed by atoms with E-state index >= 15 is 0 Å². The predicted molar refractivity (Wildman–Crippen MR) is 101 cm³/mol. The summed E-state index contributed by atoms with van der Waals surface area (Å²) in [5, 5.41) is 0. The second-order valence-electron chi connectivity index (χ2n) is 9.00. The second kappa shape index (κ2) is 6.64. The van der Waals surface area contributed by atoms with Gasteiger partial charge in [0.2, 0.25) is 5.91 Å². The number of hydrogen-bond donors (Lipinski definition) is 0. The summed E-state index contributed by atoms with van der Waals surface area (Å²) in [6.45, 7) is 7.34. The molecule has 4 nitrogen and oxygen atoms in total. The zero-order valence-corrected chi connectivity index (χ0v) is 16.3. The van der Waals surface area contributed by atoms with E-state index in [0.29, 0.717) is 19.1 Å². The van der Waals surface area contributed by atoms with Crippen molar-refractivity contribution in [1.29, 1.82) is 0 Å². The molecule has 0 atom stereocenters. The Hall–Kier alpha value is -1.55. The van der Waals surface area contributed by atoms with Crippen molar-refractivity contribution in [3.8, 4) is 5.75 Å². The lowest BCUT2D eigenvalue weighted by atomic mass is 9.80. The molecule has 0 saturated heterocycles. The van der Waals surface area contributed by atoms with E-state index in [2.05, 4.69) is 31.1 Å². The number of rotatable bonds is 1. The Labute approximate surface area is 152 Å². The molecule has 1 aromatic carbocycles. The molecule has 1 fully saturated rings. The van der Waals surface area contributed by atoms with Crippen LogP contribution < -0.4 is 4.74 Å². The molecule has 3 rings (SSSR count). The molecule has 1 aromatic rings. The summed E-state index contributed by atoms with van der Waals surface area (Å²) in [4.78, 5) is 17.4. The third kappa shape index (κ3) is 3.84. The summed E-state index contributed by atoms with van der Waals surface area (Å²) in [5.41, 5.74) is 0.494. The first kappa shape index (κ1) is 18.2. The molecule has 1 saturated carbocycles. The van der Waals surface area contributed by atoms with E-state index in [9.17, 15) is 4.79 Å². The quantitative estimate of drug-likeness (QED) is 0.779. The molecule has 1 aliphatic carbocycles. The second-order valence-corrected chi connectivity index (χ2v) is 9.00. The maximum Gasteiger partial charge on any atom is 0.228 e. The maximum atomic E-state index is 13.0. The molecule has 1 aliphatic heterocycles. The fraction of sp³-hybridized carbons (Fsp3) is 0.667. The normalized spacial score (nSPS) is 27.0. The number of benzene rings is 1. The van der Waals surface area contributed by atoms with Crippen molar-refractivity contribution in [1.82, 2.24) is 9.80 Å². The number of nitrogens with zero attached hydrogens (tertiary/aromatic N) is 2. The molecule has 4 heteroatoms. The van der Waals surface area contributed by atoms with Gasteiger partial charge >= 0.3 is 0 Å². The van der Waals surface area contributed by atoms with Crippen LogP contribution in [0.25, 0.3) is 0 Å². The van der Waals surface area contributed by atoms with Gasteiger partial charge in [0, 0.05) is 23.6 Å². The standard InChI is InChI=1S/C21H32N2O2/c1-20(2,3)19(24)23-14-16-8-6-7-9-18(16)25-21(15-23)12-10-17(11-13-21)22(4)5/h6-9,17H,10-15H2,1-5H3. The third-order valence-corrected chi connectivity index (χ3v) is 5.66. The van der Waals surface area contributed by atoms with Gasteiger partial charge in [0.25, 0.3) is 0 Å². The van der Waals surface area contributed by atoms with Crippen molar-refractivity contribution in [3.63, 3.8) is 0 Å². The minimum atomic E-state index is -0.374. The van der Waals surface area contributed by atoms with Gasteiger partial charge in [0.1, 0.15) is 11.4 Å². The van der Waals surface area contributed by atoms with Crippen LogP contribution in [0, 0.1) is 5.41 Å². The van der Waals surface area contributed by atoms with Crippen molar-refractivity contribution >= 4 is 5.91 Å². The van der Waals surface area contributed by atoms with Crippen molar-refractivity contribution in [2.24, 2.45) is 5.41 Å². The minimum Gasteiger partial charge on any atom is -0.485 e. The molecule has 0 aromatic heterocycles. The molecule has 0 radical (unpaired) electrons. The molecule has 0 N–H and O–H groups in total. The Kier molecular flexibility index (Phi) is 4.84. The van der Waals surface area contributed by atoms with Gasteiger partial charge < -0.3 is 14.5 Å². The van der Waals surface area contributed by atoms with Gasteiger partial charge in [0.05, 0.1) is 6.54 Å². The van der Waals surface area contributed by atoms with Crippen LogP contribution in [-0.4, -0.2) is 48.0 Å². The van der Waals surface area contributed by atoms with Gasteiger partial charge in [-0.15, -0.1) is 0 Å². The summed E-state index contributed by atoms with van der Waals surface area (Å²) in [5.74, 6) is 1.16. The highest BCUT2D eigenvalue weighted by molar-refractivity contribution is 5.81. The van der Waals surface area contributed by atoms with Crippen molar-refractivity contribution < 1.29 is 9.53 Å². The smallest absolute Gasteiger partial charge is 0.228 e. The Morgan fingerprint density at radius 3 is 2.44 bits per heavy atom. The van der Waals surface area contributed by atoms with E-state index in [4.69, 9.17) is 4.74 Å². The zero-order chi connectivity index (χ0) is 18.2. The van der Waals surface area contributed by atoms with E-state index in [1.807, 2.05) is 37.8 Å². The van der Waals surface area contributed by atoms with Crippen LogP contribution in [0.2, 0.25) is 0 Å². The van der Waals surface area contributed by atoms with Crippen LogP contribution in [0.1, 0.15) is 52.0 Å². The van der Waals surface area contributed by atoms with Crippen LogP contribution >= 0.6 is 0 Å². The lowest BCUT2D eigenvalue weighted by Gasteiger charge is -2.43. The van der Waals surface area contributed by atoms with E-state index in [0.717, 1.165) is 37.0 Å². The van der Waals surface area contributed by atoms with Crippen molar-refractivity contribution in [3.05, 3.63) is 29.8 Å². The van der Waals surface area contributed by atoms with Crippen LogP contribution in [0.15, 0.2) is 24.3 Å². The molecule has 138 valence electrons. The van der Waals surface area contributed by atoms with Crippen molar-refractivity contribution in [2.45, 2.75) is 64.6 Å². The lowest BCUT2D eigenvalue weighted by molar-refractivity contribution is -0.143. The maximum absolute atomic E-state index is 13.0. The van der Waals surface area contributed by atoms with Gasteiger partial charge in [0.15, 0.2) is 0 Å². The summed E-state index contributed by atoms with van der Waals surface area (Å²) in [6.07, 6.45) is 4.23. The average molecular weight is 344 g/mol. The number of carbonyl (C=O) groups is 1. The van der Waals surface area contributed by atoms with E-state index in [-0.39, 0.29) is 16.9 Å². The van der Waals surface area contributed by atoms with E-state index in [1.54, 1.807) is 0 Å². The largest absolute Gasteiger partial charge is 0.485 e. The van der Waals surface area contributed by atoms with Crippen LogP contribution in [0.3, 0.4) is 0 Å². The lowest BCUT2D eigenvalue weighted by Crippen LogP contribution is -2.53. The van der Waals surface area contributed by atoms with E-state index in [1.165, 1.54) is 0 Å². The number of carbonyl (C=O) groups excluding carboxylic acids is 1. The topological polar surface area (TPSA) is 32.8 Å². The first-order valence-corrected chi connectivity index (χ1v) is 9.43. The Bertz CT molecular complexity index is 625. The van der Waals surface area contributed by atoms with Crippen LogP contribution in [0.4, 0.5) is 0 Å². The summed E-state index contributed by atoms with van der Waals surface area (Å²) in [6, 6.07) is 8.81. The van der Waals surface area contributed by atoms with E-state index < -0.39 is 0 Å². The summed E-state index contributed by atoms with van der Waals surface area (Å²) < 4.78 is 6.59. The fourth-order valence-corrected chi connectivity index (χ4v) is 4.13. The zero-order valence-electron chi connectivity index (χ0n) is 16.3. The molecular formula is C21H32N2O2. The van der Waals surface area contributed by atoms with Gasteiger partial charge in [-0.25, -0.2) is 0 Å². The van der Waals surface area contributed by atoms with Gasteiger partial charge in [-0.05, 0) is 45.8 Å². The number of amides is 1. The molecule has 2 aliphatic rings. The molecule has 1 amide bonds. The van der Waals surface area contributed by atoms with Gasteiger partial charge in [-0.3, -0.25) is 4.79 Å². The number of ether oxygens (including phenoxy) is 1. The fourth-order valence-electron chi connectivity index (χ4n) is 4.13. The molecule has 0 unspecified atom stereocenters. The number of para-hydroxylation sites is 1. The number of fused-ring (bicyclic) bond motifs is 1. The Morgan fingerprint density at radius 2 is 1.84 bits per heavy atom. The highest BCUT2D eigenvalue weighted by Gasteiger charge is 2.43. The Balaban J connectivity index is 1.90. The summed E-state index contributed by atoms with van der Waals surface area (Å²) >= 11 is 0. The molecule has 0 bridgehead atoms. The monoisotopic (exact) mass is 344 g/mol. The van der Waals surface area contributed by atoms with Crippen LogP contribution in [-0.2, 0) is 11.3 Å². The SMILES string of the molecule is CN(C)C1CCC2(CC1)CN(C(=O)C(C)(C)C)Cc1ccccc1O2. The van der Waals surface area contributed by atoms with Crippen LogP contribution in [0.5, 0.6) is 5.75 Å². The number of hydrogen-bond acceptors (Lipinski definition) is 3. The van der Waals surface area contributed by atoms with Crippen molar-refractivity contribution in [2.75, 3.05) is 20.6 Å². The summed E-state index contributed by atoms with van der Waals surface area (Å²) in [7, 11) is 4.31. The first-order chi connectivity index (χ1) is 11.7.